The van der Waals surface area contributed by atoms with Crippen LogP contribution in [0.25, 0.3) is 11.3 Å². The highest BCUT2D eigenvalue weighted by molar-refractivity contribution is 5.59. The highest BCUT2D eigenvalue weighted by Crippen LogP contribution is 2.21. The molecule has 0 fully saturated rings. The maximum atomic E-state index is 4.54. The maximum absolute atomic E-state index is 4.54. The Balaban J connectivity index is 2.06. The van der Waals surface area contributed by atoms with Gasteiger partial charge in [0.05, 0.1) is 5.69 Å². The van der Waals surface area contributed by atoms with Crippen LogP contribution in [0, 0.1) is 0 Å². The van der Waals surface area contributed by atoms with Crippen LogP contribution in [0.3, 0.4) is 0 Å². The van der Waals surface area contributed by atoms with Crippen LogP contribution >= 0.6 is 0 Å². The van der Waals surface area contributed by atoms with E-state index in [0.29, 0.717) is 0 Å². The summed E-state index contributed by atoms with van der Waals surface area (Å²) in [5.74, 6) is 0. The van der Waals surface area contributed by atoms with Gasteiger partial charge >= 0.3 is 0 Å². The lowest BCUT2D eigenvalue weighted by Crippen LogP contribution is -2.24. The van der Waals surface area contributed by atoms with Crippen molar-refractivity contribution in [2.45, 2.75) is 13.0 Å². The summed E-state index contributed by atoms with van der Waals surface area (Å²) in [6.45, 7) is 1.96. The summed E-state index contributed by atoms with van der Waals surface area (Å²) in [7, 11) is 1.95. The van der Waals surface area contributed by atoms with Gasteiger partial charge in [-0.05, 0) is 17.7 Å². The number of rotatable bonds is 1. The fraction of sp³-hybridized carbons (Fsp3) is 0.333. The zero-order chi connectivity index (χ0) is 11.0. The number of hydrogen-bond acceptors (Lipinski definition) is 3. The number of nitrogens with zero attached hydrogens (tertiary/aromatic N) is 3. The molecule has 0 aromatic carbocycles. The normalized spacial score (nSPS) is 14.8. The van der Waals surface area contributed by atoms with Crippen molar-refractivity contribution in [3.05, 3.63) is 35.8 Å². The quantitative estimate of drug-likeness (QED) is 0.773. The molecule has 82 valence electrons. The van der Waals surface area contributed by atoms with Crippen LogP contribution < -0.4 is 5.32 Å². The topological polar surface area (TPSA) is 42.7 Å². The van der Waals surface area contributed by atoms with Gasteiger partial charge < -0.3 is 5.32 Å². The van der Waals surface area contributed by atoms with Crippen LogP contribution in [0.1, 0.15) is 11.3 Å². The number of pyridine rings is 1. The number of nitrogens with one attached hydrogen (secondary N) is 1. The first-order valence-electron chi connectivity index (χ1n) is 5.51. The Morgan fingerprint density at radius 1 is 1.44 bits per heavy atom. The minimum Gasteiger partial charge on any atom is -0.312 e. The molecule has 2 aromatic rings. The first kappa shape index (κ1) is 9.54. The van der Waals surface area contributed by atoms with Gasteiger partial charge in [-0.2, -0.15) is 5.10 Å². The predicted octanol–water partition coefficient (Wildman–Crippen LogP) is 1.13. The molecule has 3 heterocycles. The van der Waals surface area contributed by atoms with E-state index < -0.39 is 0 Å². The summed E-state index contributed by atoms with van der Waals surface area (Å²) in [6, 6.07) is 4.23. The Hall–Kier alpha value is -1.68. The van der Waals surface area contributed by atoms with Crippen LogP contribution in [0.2, 0.25) is 0 Å². The molecule has 0 saturated heterocycles. The third-order valence-corrected chi connectivity index (χ3v) is 3.03. The van der Waals surface area contributed by atoms with Crippen LogP contribution in [0.4, 0.5) is 0 Å². The first-order valence-corrected chi connectivity index (χ1v) is 5.51. The Morgan fingerprint density at radius 2 is 2.38 bits per heavy atom. The molecule has 0 saturated carbocycles. The minimum absolute atomic E-state index is 0.925. The van der Waals surface area contributed by atoms with E-state index in [1.807, 2.05) is 30.2 Å². The molecule has 1 N–H and O–H groups in total. The fourth-order valence-electron chi connectivity index (χ4n) is 2.14. The number of fused-ring (bicyclic) bond motifs is 1. The van der Waals surface area contributed by atoms with Gasteiger partial charge in [-0.15, -0.1) is 0 Å². The van der Waals surface area contributed by atoms with Gasteiger partial charge in [-0.3, -0.25) is 9.67 Å². The summed E-state index contributed by atoms with van der Waals surface area (Å²) in [5, 5.41) is 7.54. The van der Waals surface area contributed by atoms with Crippen molar-refractivity contribution in [1.82, 2.24) is 20.1 Å². The zero-order valence-corrected chi connectivity index (χ0v) is 9.27. The van der Waals surface area contributed by atoms with Crippen LogP contribution in [0.15, 0.2) is 24.5 Å². The lowest BCUT2D eigenvalue weighted by molar-refractivity contribution is 0.630. The summed E-state index contributed by atoms with van der Waals surface area (Å²) in [6.07, 6.45) is 4.79. The summed E-state index contributed by atoms with van der Waals surface area (Å²) in [4.78, 5) is 4.54. The molecule has 0 bridgehead atoms. The van der Waals surface area contributed by atoms with Gasteiger partial charge in [0.2, 0.25) is 0 Å². The predicted molar refractivity (Wildman–Crippen MR) is 61.8 cm³/mol. The van der Waals surface area contributed by atoms with Crippen LogP contribution in [-0.4, -0.2) is 21.3 Å². The van der Waals surface area contributed by atoms with Gasteiger partial charge in [-0.1, -0.05) is 0 Å². The molecule has 2 aromatic heterocycles. The molecule has 0 unspecified atom stereocenters. The van der Waals surface area contributed by atoms with Crippen LogP contribution in [0.5, 0.6) is 0 Å². The highest BCUT2D eigenvalue weighted by atomic mass is 15.3. The molecule has 0 spiro atoms. The molecule has 16 heavy (non-hydrogen) atoms. The Bertz CT molecular complexity index is 515. The van der Waals surface area contributed by atoms with E-state index in [-0.39, 0.29) is 0 Å². The molecule has 0 amide bonds. The van der Waals surface area contributed by atoms with E-state index in [0.717, 1.165) is 30.8 Å². The largest absolute Gasteiger partial charge is 0.312 e. The van der Waals surface area contributed by atoms with E-state index in [4.69, 9.17) is 0 Å². The molecule has 4 heteroatoms. The lowest BCUT2D eigenvalue weighted by Gasteiger charge is -2.16. The molecular formula is C12H14N4. The highest BCUT2D eigenvalue weighted by Gasteiger charge is 2.12. The van der Waals surface area contributed by atoms with Crippen molar-refractivity contribution in [2.24, 2.45) is 7.05 Å². The smallest absolute Gasteiger partial charge is 0.0694 e. The third-order valence-electron chi connectivity index (χ3n) is 3.03. The van der Waals surface area contributed by atoms with E-state index in [9.17, 15) is 0 Å². The van der Waals surface area contributed by atoms with Gasteiger partial charge in [0.25, 0.3) is 0 Å². The molecule has 1 aliphatic rings. The average Bonchev–Trinajstić information content (AvgIpc) is 2.75. The Morgan fingerprint density at radius 3 is 3.19 bits per heavy atom. The molecule has 4 nitrogen and oxygen atoms in total. The third kappa shape index (κ3) is 1.51. The zero-order valence-electron chi connectivity index (χ0n) is 9.27. The van der Waals surface area contributed by atoms with Crippen molar-refractivity contribution >= 4 is 0 Å². The maximum Gasteiger partial charge on any atom is 0.0694 e. The Kier molecular flexibility index (Phi) is 2.22. The Labute approximate surface area is 94.3 Å². The minimum atomic E-state index is 0.925. The second-order valence-electron chi connectivity index (χ2n) is 4.10. The van der Waals surface area contributed by atoms with Gasteiger partial charge in [0.15, 0.2) is 0 Å². The van der Waals surface area contributed by atoms with Gasteiger partial charge in [-0.25, -0.2) is 0 Å². The van der Waals surface area contributed by atoms with Gasteiger partial charge in [0, 0.05) is 50.2 Å². The molecular weight excluding hydrogens is 200 g/mol. The molecule has 0 radical (unpaired) electrons. The van der Waals surface area contributed by atoms with Crippen molar-refractivity contribution < 1.29 is 0 Å². The number of aryl methyl sites for hydroxylation is 1. The second kappa shape index (κ2) is 3.72. The van der Waals surface area contributed by atoms with Crippen molar-refractivity contribution in [3.63, 3.8) is 0 Å². The van der Waals surface area contributed by atoms with E-state index in [1.54, 1.807) is 0 Å². The van der Waals surface area contributed by atoms with Crippen molar-refractivity contribution in [2.75, 3.05) is 6.54 Å². The van der Waals surface area contributed by atoms with Gasteiger partial charge in [0.1, 0.15) is 0 Å². The van der Waals surface area contributed by atoms with Crippen LogP contribution in [-0.2, 0) is 20.0 Å². The standard InChI is InChI=1S/C12H14N4/c1-16-12(3-5-15-16)10-6-9-7-13-4-2-11(9)14-8-10/h3,5-6,8,13H,2,4,7H2,1H3. The van der Waals surface area contributed by atoms with Crippen molar-refractivity contribution in [1.29, 1.82) is 0 Å². The molecule has 0 aliphatic carbocycles. The average molecular weight is 214 g/mol. The van der Waals surface area contributed by atoms with E-state index >= 15 is 0 Å². The SMILES string of the molecule is Cn1nccc1-c1cnc2c(c1)CNCC2. The first-order chi connectivity index (χ1) is 7.84. The van der Waals surface area contributed by atoms with E-state index in [1.165, 1.54) is 11.3 Å². The number of aromatic nitrogens is 3. The number of hydrogen-bond donors (Lipinski definition) is 1. The molecule has 0 atom stereocenters. The summed E-state index contributed by atoms with van der Waals surface area (Å²) >= 11 is 0. The van der Waals surface area contributed by atoms with E-state index in [2.05, 4.69) is 21.5 Å². The second-order valence-corrected chi connectivity index (χ2v) is 4.10. The van der Waals surface area contributed by atoms with Crippen molar-refractivity contribution in [3.8, 4) is 11.3 Å². The molecule has 3 rings (SSSR count). The molecule has 1 aliphatic heterocycles. The lowest BCUT2D eigenvalue weighted by atomic mass is 10.0. The fourth-order valence-corrected chi connectivity index (χ4v) is 2.14. The monoisotopic (exact) mass is 214 g/mol. The summed E-state index contributed by atoms with van der Waals surface area (Å²) in [5.41, 5.74) is 4.79. The summed E-state index contributed by atoms with van der Waals surface area (Å²) < 4.78 is 1.87.